The molecule has 29 heavy (non-hydrogen) atoms. The number of hydrogen-bond donors (Lipinski definition) is 3. The molecule has 8 heteroatoms. The summed E-state index contributed by atoms with van der Waals surface area (Å²) in [6.07, 6.45) is 1.61. The maximum absolute atomic E-state index is 13.1. The number of phenolic OH excluding ortho intramolecular Hbond substituents is 1. The molecule has 1 aliphatic rings. The summed E-state index contributed by atoms with van der Waals surface area (Å²) in [5.74, 6) is 0.989. The lowest BCUT2D eigenvalue weighted by Gasteiger charge is -2.16. The SMILES string of the molecule is Cc1nc2c3c(c(N)n(-c4c(C)ccc(O)c4C)c3n1)C(=O)Nc1ncccc1-2. The number of amides is 1. The van der Waals surface area contributed by atoms with E-state index < -0.39 is 0 Å². The van der Waals surface area contributed by atoms with Gasteiger partial charge in [0.2, 0.25) is 0 Å². The molecule has 0 bridgehead atoms. The minimum absolute atomic E-state index is 0.144. The normalized spacial score (nSPS) is 12.6. The third kappa shape index (κ3) is 2.25. The molecule has 1 amide bonds. The maximum Gasteiger partial charge on any atom is 0.261 e. The van der Waals surface area contributed by atoms with E-state index in [9.17, 15) is 9.90 Å². The Bertz CT molecular complexity index is 1360. The molecule has 0 fully saturated rings. The van der Waals surface area contributed by atoms with Gasteiger partial charge in [-0.1, -0.05) is 6.07 Å². The zero-order valence-electron chi connectivity index (χ0n) is 16.1. The minimum atomic E-state index is -0.368. The van der Waals surface area contributed by atoms with E-state index in [2.05, 4.69) is 20.3 Å². The summed E-state index contributed by atoms with van der Waals surface area (Å²) in [4.78, 5) is 26.6. The molecule has 4 N–H and O–H groups in total. The van der Waals surface area contributed by atoms with Gasteiger partial charge in [0, 0.05) is 17.3 Å². The van der Waals surface area contributed by atoms with Crippen LogP contribution in [0, 0.1) is 20.8 Å². The Labute approximate surface area is 166 Å². The van der Waals surface area contributed by atoms with Crippen molar-refractivity contribution in [2.75, 3.05) is 11.1 Å². The Kier molecular flexibility index (Phi) is 3.42. The van der Waals surface area contributed by atoms with E-state index in [1.54, 1.807) is 29.8 Å². The van der Waals surface area contributed by atoms with Crippen LogP contribution in [0.1, 0.15) is 27.3 Å². The Morgan fingerprint density at radius 2 is 1.93 bits per heavy atom. The summed E-state index contributed by atoms with van der Waals surface area (Å²) in [6.45, 7) is 5.52. The number of fused-ring (bicyclic) bond motifs is 2. The van der Waals surface area contributed by atoms with E-state index in [0.29, 0.717) is 50.7 Å². The first-order valence-electron chi connectivity index (χ1n) is 9.13. The zero-order valence-corrected chi connectivity index (χ0v) is 16.1. The summed E-state index contributed by atoms with van der Waals surface area (Å²) in [6, 6.07) is 7.10. The lowest BCUT2D eigenvalue weighted by molar-refractivity contribution is 0.102. The fraction of sp³-hybridized carbons (Fsp3) is 0.143. The number of hydrogen-bond acceptors (Lipinski definition) is 6. The molecule has 8 nitrogen and oxygen atoms in total. The average molecular weight is 386 g/mol. The number of carbonyl (C=O) groups is 1. The standard InChI is InChI=1S/C21H18N6O2/c1-9-6-7-13(28)10(2)17(9)27-18(22)15-14-16(24-11(3)25-20(14)27)12-5-4-8-23-19(12)26-21(15)29/h4-8,28H,22H2,1-3H3,(H,23,26,29). The molecule has 4 aromatic rings. The molecule has 0 saturated heterocycles. The van der Waals surface area contributed by atoms with Crippen molar-refractivity contribution >= 4 is 28.6 Å². The van der Waals surface area contributed by atoms with Gasteiger partial charge in [-0.05, 0) is 44.5 Å². The summed E-state index contributed by atoms with van der Waals surface area (Å²) >= 11 is 0. The molecule has 0 spiro atoms. The van der Waals surface area contributed by atoms with Gasteiger partial charge in [-0.3, -0.25) is 9.36 Å². The van der Waals surface area contributed by atoms with Gasteiger partial charge in [-0.15, -0.1) is 0 Å². The van der Waals surface area contributed by atoms with Crippen LogP contribution < -0.4 is 11.1 Å². The van der Waals surface area contributed by atoms with Crippen molar-refractivity contribution in [3.05, 3.63) is 53.0 Å². The Morgan fingerprint density at radius 1 is 1.14 bits per heavy atom. The predicted molar refractivity (Wildman–Crippen MR) is 110 cm³/mol. The van der Waals surface area contributed by atoms with E-state index in [1.165, 1.54) is 0 Å². The van der Waals surface area contributed by atoms with Crippen molar-refractivity contribution in [3.63, 3.8) is 0 Å². The Balaban J connectivity index is 2.00. The van der Waals surface area contributed by atoms with Gasteiger partial charge in [0.15, 0.2) is 5.65 Å². The van der Waals surface area contributed by atoms with Crippen LogP contribution >= 0.6 is 0 Å². The van der Waals surface area contributed by atoms with Gasteiger partial charge < -0.3 is 16.2 Å². The molecule has 0 unspecified atom stereocenters. The van der Waals surface area contributed by atoms with Crippen LogP contribution in [0.25, 0.3) is 28.0 Å². The molecule has 0 aliphatic carbocycles. The minimum Gasteiger partial charge on any atom is -0.508 e. The fourth-order valence-corrected chi connectivity index (χ4v) is 3.99. The van der Waals surface area contributed by atoms with Crippen LogP contribution in [-0.4, -0.2) is 30.5 Å². The number of rotatable bonds is 1. The van der Waals surface area contributed by atoms with Crippen molar-refractivity contribution in [2.24, 2.45) is 0 Å². The predicted octanol–water partition coefficient (Wildman–Crippen LogP) is 3.26. The van der Waals surface area contributed by atoms with Gasteiger partial charge in [0.1, 0.15) is 23.2 Å². The third-order valence-electron chi connectivity index (χ3n) is 5.31. The van der Waals surface area contributed by atoms with Crippen molar-refractivity contribution in [1.82, 2.24) is 19.5 Å². The van der Waals surface area contributed by atoms with Crippen molar-refractivity contribution in [3.8, 4) is 22.7 Å². The second kappa shape index (κ2) is 5.78. The second-order valence-corrected chi connectivity index (χ2v) is 7.14. The van der Waals surface area contributed by atoms with Crippen LogP contribution in [0.4, 0.5) is 11.6 Å². The molecule has 0 atom stereocenters. The van der Waals surface area contributed by atoms with E-state index in [4.69, 9.17) is 5.73 Å². The summed E-state index contributed by atoms with van der Waals surface area (Å²) in [7, 11) is 0. The van der Waals surface area contributed by atoms with E-state index in [-0.39, 0.29) is 17.5 Å². The van der Waals surface area contributed by atoms with Crippen LogP contribution in [0.5, 0.6) is 5.75 Å². The van der Waals surface area contributed by atoms with Gasteiger partial charge in [0.05, 0.1) is 22.3 Å². The molecule has 144 valence electrons. The number of aryl methyl sites for hydroxylation is 2. The smallest absolute Gasteiger partial charge is 0.261 e. The summed E-state index contributed by atoms with van der Waals surface area (Å²) < 4.78 is 1.73. The molecule has 1 aliphatic heterocycles. The van der Waals surface area contributed by atoms with E-state index >= 15 is 0 Å². The molecule has 3 aromatic heterocycles. The lowest BCUT2D eigenvalue weighted by Crippen LogP contribution is -2.15. The van der Waals surface area contributed by atoms with Crippen LogP contribution in [0.15, 0.2) is 30.5 Å². The second-order valence-electron chi connectivity index (χ2n) is 7.14. The molecular formula is C21H18N6O2. The van der Waals surface area contributed by atoms with Gasteiger partial charge >= 0.3 is 0 Å². The quantitative estimate of drug-likeness (QED) is 0.462. The number of nitrogens with two attached hydrogens (primary N) is 1. The topological polar surface area (TPSA) is 119 Å². The highest BCUT2D eigenvalue weighted by atomic mass is 16.3. The number of benzene rings is 1. The van der Waals surface area contributed by atoms with Crippen LogP contribution in [0.2, 0.25) is 0 Å². The van der Waals surface area contributed by atoms with E-state index in [0.717, 1.165) is 5.56 Å². The number of aromatic hydroxyl groups is 1. The number of pyridine rings is 1. The molecule has 4 heterocycles. The number of aromatic nitrogens is 4. The Hall–Kier alpha value is -3.94. The Morgan fingerprint density at radius 3 is 2.72 bits per heavy atom. The highest BCUT2D eigenvalue weighted by molar-refractivity contribution is 6.22. The summed E-state index contributed by atoms with van der Waals surface area (Å²) in [5, 5.41) is 13.7. The number of phenols is 1. The fourth-order valence-electron chi connectivity index (χ4n) is 3.99. The van der Waals surface area contributed by atoms with Crippen molar-refractivity contribution < 1.29 is 9.90 Å². The first-order chi connectivity index (χ1) is 13.9. The highest BCUT2D eigenvalue weighted by Crippen LogP contribution is 2.42. The van der Waals surface area contributed by atoms with Gasteiger partial charge in [-0.2, -0.15) is 0 Å². The molecule has 0 radical (unpaired) electrons. The van der Waals surface area contributed by atoms with E-state index in [1.807, 2.05) is 26.0 Å². The maximum atomic E-state index is 13.1. The first-order valence-corrected chi connectivity index (χ1v) is 9.13. The van der Waals surface area contributed by atoms with Crippen LogP contribution in [0.3, 0.4) is 0 Å². The molecular weight excluding hydrogens is 368 g/mol. The van der Waals surface area contributed by atoms with Gasteiger partial charge in [-0.25, -0.2) is 15.0 Å². The number of anilines is 2. The number of nitrogens with one attached hydrogen (secondary N) is 1. The number of nitrogen functional groups attached to an aromatic ring is 1. The van der Waals surface area contributed by atoms with Crippen molar-refractivity contribution in [1.29, 1.82) is 0 Å². The number of carbonyl (C=O) groups excluding carboxylic acids is 1. The number of nitrogens with zero attached hydrogens (tertiary/aromatic N) is 4. The largest absolute Gasteiger partial charge is 0.508 e. The van der Waals surface area contributed by atoms with Crippen LogP contribution in [-0.2, 0) is 0 Å². The van der Waals surface area contributed by atoms with Crippen molar-refractivity contribution in [2.45, 2.75) is 20.8 Å². The zero-order chi connectivity index (χ0) is 20.4. The molecule has 5 rings (SSSR count). The summed E-state index contributed by atoms with van der Waals surface area (Å²) in [5.41, 5.74) is 10.9. The lowest BCUT2D eigenvalue weighted by atomic mass is 10.1. The van der Waals surface area contributed by atoms with Gasteiger partial charge in [0.25, 0.3) is 5.91 Å². The third-order valence-corrected chi connectivity index (χ3v) is 5.31. The first kappa shape index (κ1) is 17.2. The molecule has 1 aromatic carbocycles. The molecule has 0 saturated carbocycles. The average Bonchev–Trinajstić information content (AvgIpc) is 2.89. The highest BCUT2D eigenvalue weighted by Gasteiger charge is 2.31. The monoisotopic (exact) mass is 386 g/mol.